The minimum Gasteiger partial charge on any atom is -0.325 e. The molecule has 25 heavy (non-hydrogen) atoms. The summed E-state index contributed by atoms with van der Waals surface area (Å²) in [5, 5.41) is 4.29. The summed E-state index contributed by atoms with van der Waals surface area (Å²) in [4.78, 5) is 16.7. The average Bonchev–Trinajstić information content (AvgIpc) is 2.60. The molecule has 2 aromatic carbocycles. The summed E-state index contributed by atoms with van der Waals surface area (Å²) in [6.45, 7) is 4.79. The molecule has 0 spiro atoms. The number of rotatable bonds is 5. The normalized spacial score (nSPS) is 15.9. The van der Waals surface area contributed by atoms with Crippen molar-refractivity contribution in [3.8, 4) is 0 Å². The van der Waals surface area contributed by atoms with Gasteiger partial charge in [0.05, 0.1) is 6.54 Å². The smallest absolute Gasteiger partial charge is 0.238 e. The first kappa shape index (κ1) is 18.2. The molecule has 6 heteroatoms. The molecule has 3 rings (SSSR count). The van der Waals surface area contributed by atoms with Crippen molar-refractivity contribution in [3.05, 3.63) is 64.1 Å². The van der Waals surface area contributed by atoms with E-state index in [1.54, 1.807) is 6.07 Å². The molecule has 0 bridgehead atoms. The van der Waals surface area contributed by atoms with Crippen LogP contribution in [0.5, 0.6) is 0 Å². The lowest BCUT2D eigenvalue weighted by Crippen LogP contribution is -2.48. The minimum atomic E-state index is 0.0281. The Hall–Kier alpha value is -1.59. The van der Waals surface area contributed by atoms with Crippen LogP contribution in [0, 0.1) is 0 Å². The number of anilines is 1. The molecule has 0 aliphatic carbocycles. The summed E-state index contributed by atoms with van der Waals surface area (Å²) in [7, 11) is 0. The van der Waals surface area contributed by atoms with Gasteiger partial charge in [-0.3, -0.25) is 14.6 Å². The Morgan fingerprint density at radius 3 is 2.32 bits per heavy atom. The second-order valence-electron chi connectivity index (χ2n) is 6.20. The second-order valence-corrected chi connectivity index (χ2v) is 7.05. The van der Waals surface area contributed by atoms with E-state index < -0.39 is 0 Å². The van der Waals surface area contributed by atoms with Crippen molar-refractivity contribution >= 4 is 34.8 Å². The number of nitrogens with zero attached hydrogens (tertiary/aromatic N) is 2. The number of benzene rings is 2. The number of carbonyl (C=O) groups is 1. The monoisotopic (exact) mass is 377 g/mol. The quantitative estimate of drug-likeness (QED) is 0.861. The number of halogens is 2. The van der Waals surface area contributed by atoms with Crippen molar-refractivity contribution in [2.45, 2.75) is 6.54 Å². The van der Waals surface area contributed by atoms with E-state index >= 15 is 0 Å². The Labute approximate surface area is 158 Å². The molecule has 1 aliphatic rings. The van der Waals surface area contributed by atoms with Crippen molar-refractivity contribution in [1.82, 2.24) is 9.80 Å². The topological polar surface area (TPSA) is 35.6 Å². The van der Waals surface area contributed by atoms with Crippen molar-refractivity contribution in [3.63, 3.8) is 0 Å². The lowest BCUT2D eigenvalue weighted by atomic mass is 10.2. The van der Waals surface area contributed by atoms with Crippen LogP contribution in [-0.2, 0) is 11.3 Å². The third-order valence-electron chi connectivity index (χ3n) is 4.30. The molecule has 1 fully saturated rings. The molecule has 0 radical (unpaired) electrons. The Balaban J connectivity index is 1.44. The Morgan fingerprint density at radius 1 is 0.960 bits per heavy atom. The SMILES string of the molecule is O=C(CN1CCN(Cc2ccc(Cl)cc2Cl)CC1)Nc1ccccc1. The van der Waals surface area contributed by atoms with Crippen molar-refractivity contribution in [2.75, 3.05) is 38.0 Å². The van der Waals surface area contributed by atoms with E-state index in [1.165, 1.54) is 0 Å². The molecule has 0 aromatic heterocycles. The van der Waals surface area contributed by atoms with Gasteiger partial charge in [0, 0.05) is 48.5 Å². The summed E-state index contributed by atoms with van der Waals surface area (Å²) in [6, 6.07) is 15.2. The molecule has 0 unspecified atom stereocenters. The van der Waals surface area contributed by atoms with Crippen LogP contribution in [0.4, 0.5) is 5.69 Å². The maximum Gasteiger partial charge on any atom is 0.238 e. The number of amides is 1. The summed E-state index contributed by atoms with van der Waals surface area (Å²) < 4.78 is 0. The first-order chi connectivity index (χ1) is 12.1. The van der Waals surface area contributed by atoms with Crippen LogP contribution < -0.4 is 5.32 Å². The third kappa shape index (κ3) is 5.44. The number of hydrogen-bond acceptors (Lipinski definition) is 3. The predicted molar refractivity (Wildman–Crippen MR) is 103 cm³/mol. The van der Waals surface area contributed by atoms with Crippen molar-refractivity contribution in [2.24, 2.45) is 0 Å². The van der Waals surface area contributed by atoms with E-state index in [-0.39, 0.29) is 5.91 Å². The standard InChI is InChI=1S/C19H21Cl2N3O/c20-16-7-6-15(18(21)12-16)13-23-8-10-24(11-9-23)14-19(25)22-17-4-2-1-3-5-17/h1-7,12H,8-11,13-14H2,(H,22,25). The van der Waals surface area contributed by atoms with Gasteiger partial charge < -0.3 is 5.32 Å². The maximum absolute atomic E-state index is 12.1. The predicted octanol–water partition coefficient (Wildman–Crippen LogP) is 3.75. The molecule has 1 amide bonds. The van der Waals surface area contributed by atoms with Gasteiger partial charge in [0.2, 0.25) is 5.91 Å². The van der Waals surface area contributed by atoms with E-state index in [2.05, 4.69) is 15.1 Å². The number of piperazine rings is 1. The molecule has 132 valence electrons. The van der Waals surface area contributed by atoms with Gasteiger partial charge in [-0.25, -0.2) is 0 Å². The van der Waals surface area contributed by atoms with Gasteiger partial charge in [-0.1, -0.05) is 47.5 Å². The summed E-state index contributed by atoms with van der Waals surface area (Å²) in [6.07, 6.45) is 0. The Bertz CT molecular complexity index is 716. The summed E-state index contributed by atoms with van der Waals surface area (Å²) in [5.41, 5.74) is 1.92. The fraction of sp³-hybridized carbons (Fsp3) is 0.316. The van der Waals surface area contributed by atoms with E-state index in [1.807, 2.05) is 42.5 Å². The average molecular weight is 378 g/mol. The number of nitrogens with one attached hydrogen (secondary N) is 1. The second kappa shape index (κ2) is 8.68. The zero-order chi connectivity index (χ0) is 17.6. The molecular weight excluding hydrogens is 357 g/mol. The molecule has 1 heterocycles. The Kier molecular flexibility index (Phi) is 6.32. The molecule has 1 saturated heterocycles. The Morgan fingerprint density at radius 2 is 1.64 bits per heavy atom. The van der Waals surface area contributed by atoms with E-state index in [9.17, 15) is 4.79 Å². The van der Waals surface area contributed by atoms with Gasteiger partial charge in [-0.2, -0.15) is 0 Å². The molecular formula is C19H21Cl2N3O. The van der Waals surface area contributed by atoms with Crippen LogP contribution in [0.15, 0.2) is 48.5 Å². The van der Waals surface area contributed by atoms with Crippen LogP contribution in [0.3, 0.4) is 0 Å². The molecule has 0 saturated carbocycles. The molecule has 4 nitrogen and oxygen atoms in total. The van der Waals surface area contributed by atoms with Gasteiger partial charge in [0.25, 0.3) is 0 Å². The van der Waals surface area contributed by atoms with Crippen LogP contribution in [0.2, 0.25) is 10.0 Å². The molecule has 1 N–H and O–H groups in total. The number of carbonyl (C=O) groups excluding carboxylic acids is 1. The maximum atomic E-state index is 12.1. The van der Waals surface area contributed by atoms with Crippen LogP contribution in [0.1, 0.15) is 5.56 Å². The van der Waals surface area contributed by atoms with Crippen LogP contribution in [0.25, 0.3) is 0 Å². The van der Waals surface area contributed by atoms with Crippen molar-refractivity contribution < 1.29 is 4.79 Å². The van der Waals surface area contributed by atoms with E-state index in [0.717, 1.165) is 44.0 Å². The largest absolute Gasteiger partial charge is 0.325 e. The lowest BCUT2D eigenvalue weighted by molar-refractivity contribution is -0.117. The summed E-state index contributed by atoms with van der Waals surface area (Å²) >= 11 is 12.2. The fourth-order valence-electron chi connectivity index (χ4n) is 2.92. The highest BCUT2D eigenvalue weighted by atomic mass is 35.5. The zero-order valence-corrected chi connectivity index (χ0v) is 15.4. The highest BCUT2D eigenvalue weighted by Gasteiger charge is 2.19. The highest BCUT2D eigenvalue weighted by Crippen LogP contribution is 2.22. The van der Waals surface area contributed by atoms with E-state index in [0.29, 0.717) is 16.6 Å². The number of para-hydroxylation sites is 1. The molecule has 1 aliphatic heterocycles. The first-order valence-electron chi connectivity index (χ1n) is 8.34. The van der Waals surface area contributed by atoms with E-state index in [4.69, 9.17) is 23.2 Å². The molecule has 0 atom stereocenters. The highest BCUT2D eigenvalue weighted by molar-refractivity contribution is 6.35. The van der Waals surface area contributed by atoms with Gasteiger partial charge in [0.15, 0.2) is 0 Å². The molecule has 2 aromatic rings. The third-order valence-corrected chi connectivity index (χ3v) is 4.89. The minimum absolute atomic E-state index is 0.0281. The van der Waals surface area contributed by atoms with Gasteiger partial charge in [-0.15, -0.1) is 0 Å². The van der Waals surface area contributed by atoms with Gasteiger partial charge in [-0.05, 0) is 29.8 Å². The summed E-state index contributed by atoms with van der Waals surface area (Å²) in [5.74, 6) is 0.0281. The van der Waals surface area contributed by atoms with Crippen molar-refractivity contribution in [1.29, 1.82) is 0 Å². The van der Waals surface area contributed by atoms with Gasteiger partial charge >= 0.3 is 0 Å². The lowest BCUT2D eigenvalue weighted by Gasteiger charge is -2.34. The van der Waals surface area contributed by atoms with Gasteiger partial charge in [0.1, 0.15) is 0 Å². The van der Waals surface area contributed by atoms with Crippen LogP contribution >= 0.6 is 23.2 Å². The zero-order valence-electron chi connectivity index (χ0n) is 13.9. The number of hydrogen-bond donors (Lipinski definition) is 1. The first-order valence-corrected chi connectivity index (χ1v) is 9.09. The van der Waals surface area contributed by atoms with Crippen LogP contribution in [-0.4, -0.2) is 48.4 Å². The fourth-order valence-corrected chi connectivity index (χ4v) is 3.39.